The number of aryl methyl sites for hydroxylation is 1. The second kappa shape index (κ2) is 7.77. The minimum atomic E-state index is -0.418. The number of nitrogens with zero attached hydrogens (tertiary/aromatic N) is 1. The number of carbonyl (C=O) groups excluding carboxylic acids is 1. The molecule has 0 unspecified atom stereocenters. The Labute approximate surface area is 143 Å². The van der Waals surface area contributed by atoms with Crippen LogP contribution in [0.1, 0.15) is 48.7 Å². The van der Waals surface area contributed by atoms with Crippen molar-refractivity contribution in [3.63, 3.8) is 0 Å². The summed E-state index contributed by atoms with van der Waals surface area (Å²) in [7, 11) is 0. The standard InChI is InChI=1S/C20H24N2O2/c1-20(2,3)16-12-10-15(11-13-16)7-6-14-21-22-19(24)17-8-4-5-9-18(17)23/h4-5,8-14,23H,6-7H2,1-3H3,(H,22,24)/b21-14-. The first-order chi connectivity index (χ1) is 11.4. The minimum Gasteiger partial charge on any atom is -0.507 e. The van der Waals surface area contributed by atoms with Gasteiger partial charge in [-0.3, -0.25) is 4.79 Å². The van der Waals surface area contributed by atoms with Gasteiger partial charge in [0.15, 0.2) is 0 Å². The van der Waals surface area contributed by atoms with Gasteiger partial charge >= 0.3 is 0 Å². The molecule has 2 N–H and O–H groups in total. The molecule has 0 aliphatic heterocycles. The van der Waals surface area contributed by atoms with Crippen molar-refractivity contribution in [3.05, 3.63) is 65.2 Å². The van der Waals surface area contributed by atoms with Crippen LogP contribution in [0.3, 0.4) is 0 Å². The van der Waals surface area contributed by atoms with Gasteiger partial charge in [-0.25, -0.2) is 5.43 Å². The number of phenols is 1. The molecule has 0 spiro atoms. The van der Waals surface area contributed by atoms with E-state index in [0.717, 1.165) is 12.8 Å². The van der Waals surface area contributed by atoms with E-state index in [4.69, 9.17) is 0 Å². The van der Waals surface area contributed by atoms with Crippen molar-refractivity contribution in [2.75, 3.05) is 0 Å². The molecule has 24 heavy (non-hydrogen) atoms. The van der Waals surface area contributed by atoms with Crippen molar-refractivity contribution in [3.8, 4) is 5.75 Å². The normalized spacial score (nSPS) is 11.6. The summed E-state index contributed by atoms with van der Waals surface area (Å²) in [4.78, 5) is 11.8. The second-order valence-electron chi connectivity index (χ2n) is 6.76. The van der Waals surface area contributed by atoms with E-state index in [1.165, 1.54) is 17.2 Å². The number of benzene rings is 2. The number of rotatable bonds is 5. The molecule has 126 valence electrons. The number of hydrogen-bond donors (Lipinski definition) is 2. The van der Waals surface area contributed by atoms with E-state index in [-0.39, 0.29) is 16.7 Å². The number of nitrogens with one attached hydrogen (secondary N) is 1. The number of hydrogen-bond acceptors (Lipinski definition) is 3. The fraction of sp³-hybridized carbons (Fsp3) is 0.300. The monoisotopic (exact) mass is 324 g/mol. The van der Waals surface area contributed by atoms with E-state index in [1.54, 1.807) is 24.4 Å². The Morgan fingerprint density at radius 3 is 2.42 bits per heavy atom. The van der Waals surface area contributed by atoms with Crippen LogP contribution < -0.4 is 5.43 Å². The van der Waals surface area contributed by atoms with Crippen molar-refractivity contribution in [2.24, 2.45) is 5.10 Å². The molecule has 0 saturated heterocycles. The van der Waals surface area contributed by atoms with Gasteiger partial charge in [0.05, 0.1) is 5.56 Å². The summed E-state index contributed by atoms with van der Waals surface area (Å²) in [6, 6.07) is 15.0. The summed E-state index contributed by atoms with van der Waals surface area (Å²) < 4.78 is 0. The lowest BCUT2D eigenvalue weighted by atomic mass is 9.86. The zero-order chi connectivity index (χ0) is 17.6. The van der Waals surface area contributed by atoms with Crippen LogP contribution in [0.5, 0.6) is 5.75 Å². The smallest absolute Gasteiger partial charge is 0.275 e. The molecular weight excluding hydrogens is 300 g/mol. The first kappa shape index (κ1) is 17.7. The van der Waals surface area contributed by atoms with Gasteiger partial charge < -0.3 is 5.11 Å². The van der Waals surface area contributed by atoms with Gasteiger partial charge in [-0.05, 0) is 41.5 Å². The van der Waals surface area contributed by atoms with Crippen molar-refractivity contribution < 1.29 is 9.90 Å². The van der Waals surface area contributed by atoms with Crippen LogP contribution in [-0.4, -0.2) is 17.2 Å². The molecule has 0 atom stereocenters. The fourth-order valence-corrected chi connectivity index (χ4v) is 2.30. The highest BCUT2D eigenvalue weighted by molar-refractivity contribution is 5.96. The Hall–Kier alpha value is -2.62. The molecule has 0 radical (unpaired) electrons. The van der Waals surface area contributed by atoms with E-state index >= 15 is 0 Å². The molecule has 2 aromatic carbocycles. The van der Waals surface area contributed by atoms with Crippen LogP contribution in [0.2, 0.25) is 0 Å². The van der Waals surface area contributed by atoms with E-state index < -0.39 is 5.91 Å². The molecule has 4 heteroatoms. The van der Waals surface area contributed by atoms with E-state index in [9.17, 15) is 9.90 Å². The van der Waals surface area contributed by atoms with Crippen LogP contribution >= 0.6 is 0 Å². The summed E-state index contributed by atoms with van der Waals surface area (Å²) in [5.74, 6) is -0.469. The summed E-state index contributed by atoms with van der Waals surface area (Å²) in [6.07, 6.45) is 3.27. The summed E-state index contributed by atoms with van der Waals surface area (Å²) in [5.41, 5.74) is 5.35. The molecule has 2 aromatic rings. The zero-order valence-electron chi connectivity index (χ0n) is 14.4. The summed E-state index contributed by atoms with van der Waals surface area (Å²) in [5, 5.41) is 13.5. The highest BCUT2D eigenvalue weighted by Gasteiger charge is 2.12. The van der Waals surface area contributed by atoms with E-state index in [0.29, 0.717) is 0 Å². The molecule has 0 bridgehead atoms. The molecule has 1 amide bonds. The largest absolute Gasteiger partial charge is 0.507 e. The van der Waals surface area contributed by atoms with Gasteiger partial charge in [-0.1, -0.05) is 57.2 Å². The molecule has 0 aromatic heterocycles. The maximum Gasteiger partial charge on any atom is 0.275 e. The van der Waals surface area contributed by atoms with Crippen LogP contribution in [0.15, 0.2) is 53.6 Å². The van der Waals surface area contributed by atoms with Gasteiger partial charge in [0.2, 0.25) is 0 Å². The van der Waals surface area contributed by atoms with Gasteiger partial charge in [0.1, 0.15) is 5.75 Å². The predicted molar refractivity (Wildman–Crippen MR) is 97.5 cm³/mol. The topological polar surface area (TPSA) is 61.7 Å². The highest BCUT2D eigenvalue weighted by atomic mass is 16.3. The molecule has 0 aliphatic rings. The number of amides is 1. The molecule has 0 fully saturated rings. The summed E-state index contributed by atoms with van der Waals surface area (Å²) in [6.45, 7) is 6.59. The Balaban J connectivity index is 1.81. The molecule has 0 saturated carbocycles. The molecular formula is C20H24N2O2. The third-order valence-electron chi connectivity index (χ3n) is 3.79. The Morgan fingerprint density at radius 2 is 1.79 bits per heavy atom. The Bertz CT molecular complexity index is 713. The lowest BCUT2D eigenvalue weighted by molar-refractivity contribution is 0.0952. The summed E-state index contributed by atoms with van der Waals surface area (Å²) >= 11 is 0. The second-order valence-corrected chi connectivity index (χ2v) is 6.76. The number of phenolic OH excluding ortho intramolecular Hbond substituents is 1. The first-order valence-electron chi connectivity index (χ1n) is 8.07. The number of carbonyl (C=O) groups is 1. The average molecular weight is 324 g/mol. The third kappa shape index (κ3) is 4.95. The number of hydrazone groups is 1. The molecule has 4 nitrogen and oxygen atoms in total. The molecule has 0 heterocycles. The quantitative estimate of drug-likeness (QED) is 0.644. The van der Waals surface area contributed by atoms with Crippen LogP contribution in [0.25, 0.3) is 0 Å². The van der Waals surface area contributed by atoms with Crippen molar-refractivity contribution >= 4 is 12.1 Å². The van der Waals surface area contributed by atoms with Crippen molar-refractivity contribution in [1.82, 2.24) is 5.43 Å². The van der Waals surface area contributed by atoms with Gasteiger partial charge in [-0.15, -0.1) is 0 Å². The zero-order valence-corrected chi connectivity index (χ0v) is 14.4. The van der Waals surface area contributed by atoms with Gasteiger partial charge in [0.25, 0.3) is 5.91 Å². The van der Waals surface area contributed by atoms with E-state index in [2.05, 4.69) is 55.6 Å². The van der Waals surface area contributed by atoms with E-state index in [1.807, 2.05) is 0 Å². The fourth-order valence-electron chi connectivity index (χ4n) is 2.30. The van der Waals surface area contributed by atoms with Gasteiger partial charge in [0, 0.05) is 6.21 Å². The number of para-hydroxylation sites is 1. The highest BCUT2D eigenvalue weighted by Crippen LogP contribution is 2.22. The number of aromatic hydroxyl groups is 1. The maximum absolute atomic E-state index is 11.8. The van der Waals surface area contributed by atoms with Crippen molar-refractivity contribution in [2.45, 2.75) is 39.0 Å². The molecule has 0 aliphatic carbocycles. The van der Waals surface area contributed by atoms with Crippen LogP contribution in [0.4, 0.5) is 0 Å². The lowest BCUT2D eigenvalue weighted by Crippen LogP contribution is -2.17. The lowest BCUT2D eigenvalue weighted by Gasteiger charge is -2.19. The maximum atomic E-state index is 11.8. The Morgan fingerprint density at radius 1 is 1.12 bits per heavy atom. The molecule has 2 rings (SSSR count). The first-order valence-corrected chi connectivity index (χ1v) is 8.07. The SMILES string of the molecule is CC(C)(C)c1ccc(CC/C=N\NC(=O)c2ccccc2O)cc1. The predicted octanol–water partition coefficient (Wildman–Crippen LogP) is 4.04. The third-order valence-corrected chi connectivity index (χ3v) is 3.79. The van der Waals surface area contributed by atoms with Gasteiger partial charge in [-0.2, -0.15) is 5.10 Å². The Kier molecular flexibility index (Phi) is 5.74. The minimum absolute atomic E-state index is 0.0517. The van der Waals surface area contributed by atoms with Crippen molar-refractivity contribution in [1.29, 1.82) is 0 Å². The average Bonchev–Trinajstić information content (AvgIpc) is 2.54. The van der Waals surface area contributed by atoms with Crippen LogP contribution in [0, 0.1) is 0 Å². The van der Waals surface area contributed by atoms with Crippen LogP contribution in [-0.2, 0) is 11.8 Å².